The van der Waals surface area contributed by atoms with Gasteiger partial charge in [0.2, 0.25) is 0 Å². The summed E-state index contributed by atoms with van der Waals surface area (Å²) in [5.41, 5.74) is 7.99. The fourth-order valence-electron chi connectivity index (χ4n) is 1.89. The van der Waals surface area contributed by atoms with Crippen LogP contribution < -0.4 is 5.73 Å². The first-order chi connectivity index (χ1) is 8.24. The van der Waals surface area contributed by atoms with E-state index >= 15 is 0 Å². The van der Waals surface area contributed by atoms with Gasteiger partial charge in [-0.3, -0.25) is 4.90 Å². The number of rotatable bonds is 5. The Balaban J connectivity index is 3.01. The van der Waals surface area contributed by atoms with Gasteiger partial charge in [0.25, 0.3) is 0 Å². The molecule has 0 bridgehead atoms. The molecular weight excluding hydrogens is 212 g/mol. The molecule has 4 nitrogen and oxygen atoms in total. The molecule has 4 heteroatoms. The first-order valence-electron chi connectivity index (χ1n) is 5.48. The van der Waals surface area contributed by atoms with Crippen LogP contribution in [0.15, 0.2) is 24.3 Å². The number of nitrogens with two attached hydrogens (primary N) is 1. The molecule has 1 rings (SSSR count). The third-order valence-electron chi connectivity index (χ3n) is 2.76. The number of hydrogen-bond acceptors (Lipinski definition) is 4. The zero-order chi connectivity index (χ0) is 12.7. The van der Waals surface area contributed by atoms with Gasteiger partial charge in [-0.2, -0.15) is 10.5 Å². The van der Waals surface area contributed by atoms with Crippen LogP contribution in [0.4, 0.5) is 0 Å². The lowest BCUT2D eigenvalue weighted by Crippen LogP contribution is -2.34. The minimum atomic E-state index is -0.0736. The van der Waals surface area contributed by atoms with Crippen molar-refractivity contribution in [1.29, 1.82) is 10.5 Å². The molecule has 17 heavy (non-hydrogen) atoms. The lowest BCUT2D eigenvalue weighted by molar-refractivity contribution is 0.253. The van der Waals surface area contributed by atoms with Crippen LogP contribution in [0, 0.1) is 29.6 Å². The van der Waals surface area contributed by atoms with E-state index in [2.05, 4.69) is 12.1 Å². The van der Waals surface area contributed by atoms with Crippen molar-refractivity contribution in [2.45, 2.75) is 13.0 Å². The van der Waals surface area contributed by atoms with Gasteiger partial charge in [-0.1, -0.05) is 24.3 Å². The van der Waals surface area contributed by atoms with Crippen molar-refractivity contribution in [2.24, 2.45) is 5.73 Å². The molecule has 1 atom stereocenters. The van der Waals surface area contributed by atoms with E-state index in [0.717, 1.165) is 11.1 Å². The first-order valence-corrected chi connectivity index (χ1v) is 5.48. The van der Waals surface area contributed by atoms with Crippen molar-refractivity contribution in [3.63, 3.8) is 0 Å². The van der Waals surface area contributed by atoms with Crippen LogP contribution >= 0.6 is 0 Å². The lowest BCUT2D eigenvalue weighted by atomic mass is 10.00. The zero-order valence-electron chi connectivity index (χ0n) is 9.93. The molecule has 0 saturated heterocycles. The van der Waals surface area contributed by atoms with Gasteiger partial charge < -0.3 is 5.73 Å². The quantitative estimate of drug-likeness (QED) is 0.771. The SMILES string of the molecule is Cc1ccccc1C(CN)N(CC#N)CC#N. The predicted molar refractivity (Wildman–Crippen MR) is 65.8 cm³/mol. The molecule has 0 fully saturated rings. The Bertz CT molecular complexity index is 425. The molecule has 88 valence electrons. The summed E-state index contributed by atoms with van der Waals surface area (Å²) in [5, 5.41) is 17.6. The van der Waals surface area contributed by atoms with Crippen LogP contribution in [0.2, 0.25) is 0 Å². The Kier molecular flexibility index (Phi) is 5.16. The lowest BCUT2D eigenvalue weighted by Gasteiger charge is -2.27. The highest BCUT2D eigenvalue weighted by molar-refractivity contribution is 5.29. The summed E-state index contributed by atoms with van der Waals surface area (Å²) in [6.45, 7) is 2.83. The number of hydrogen-bond donors (Lipinski definition) is 1. The fraction of sp³-hybridized carbons (Fsp3) is 0.385. The monoisotopic (exact) mass is 228 g/mol. The van der Waals surface area contributed by atoms with E-state index in [9.17, 15) is 0 Å². The molecule has 0 spiro atoms. The second kappa shape index (κ2) is 6.65. The van der Waals surface area contributed by atoms with Gasteiger partial charge in [0.1, 0.15) is 0 Å². The van der Waals surface area contributed by atoms with E-state index in [1.807, 2.05) is 31.2 Å². The van der Waals surface area contributed by atoms with Gasteiger partial charge in [0, 0.05) is 12.6 Å². The van der Waals surface area contributed by atoms with Crippen molar-refractivity contribution >= 4 is 0 Å². The predicted octanol–water partition coefficient (Wildman–Crippen LogP) is 1.34. The topological polar surface area (TPSA) is 76.8 Å². The Labute approximate surface area is 102 Å². The number of nitriles is 2. The van der Waals surface area contributed by atoms with Crippen molar-refractivity contribution in [3.8, 4) is 12.1 Å². The van der Waals surface area contributed by atoms with Crippen molar-refractivity contribution < 1.29 is 0 Å². The third kappa shape index (κ3) is 3.29. The summed E-state index contributed by atoms with van der Waals surface area (Å²) < 4.78 is 0. The van der Waals surface area contributed by atoms with Crippen LogP contribution in [-0.2, 0) is 0 Å². The minimum Gasteiger partial charge on any atom is -0.329 e. The van der Waals surface area contributed by atoms with E-state index < -0.39 is 0 Å². The van der Waals surface area contributed by atoms with E-state index in [0.29, 0.717) is 6.54 Å². The molecule has 1 unspecified atom stereocenters. The summed E-state index contributed by atoms with van der Waals surface area (Å²) in [4.78, 5) is 1.79. The van der Waals surface area contributed by atoms with Crippen molar-refractivity contribution in [2.75, 3.05) is 19.6 Å². The molecular formula is C13H16N4. The third-order valence-corrected chi connectivity index (χ3v) is 2.76. The standard InChI is InChI=1S/C13H16N4/c1-11-4-2-3-5-12(11)13(10-16)17(8-6-14)9-7-15/h2-5,13H,8-10,16H2,1H3. The van der Waals surface area contributed by atoms with Crippen LogP contribution in [-0.4, -0.2) is 24.5 Å². The molecule has 0 aromatic heterocycles. The van der Waals surface area contributed by atoms with Gasteiger partial charge in [0.05, 0.1) is 25.2 Å². The summed E-state index contributed by atoms with van der Waals surface area (Å²) in [5.74, 6) is 0. The van der Waals surface area contributed by atoms with Crippen LogP contribution in [0.3, 0.4) is 0 Å². The van der Waals surface area contributed by atoms with E-state index in [1.165, 1.54) is 0 Å². The van der Waals surface area contributed by atoms with Gasteiger partial charge in [-0.05, 0) is 18.1 Å². The smallest absolute Gasteiger partial charge is 0.0879 e. The Hall–Kier alpha value is -1.88. The minimum absolute atomic E-state index is 0.0736. The highest BCUT2D eigenvalue weighted by Crippen LogP contribution is 2.22. The average Bonchev–Trinajstić information content (AvgIpc) is 2.33. The fourth-order valence-corrected chi connectivity index (χ4v) is 1.89. The van der Waals surface area contributed by atoms with Gasteiger partial charge in [-0.15, -0.1) is 0 Å². The number of aryl methyl sites for hydroxylation is 1. The number of nitrogens with zero attached hydrogens (tertiary/aromatic N) is 3. The van der Waals surface area contributed by atoms with E-state index in [-0.39, 0.29) is 19.1 Å². The number of benzene rings is 1. The summed E-state index contributed by atoms with van der Waals surface area (Å²) in [7, 11) is 0. The molecule has 1 aromatic carbocycles. The Morgan fingerprint density at radius 3 is 2.29 bits per heavy atom. The second-order valence-corrected chi connectivity index (χ2v) is 3.83. The summed E-state index contributed by atoms with van der Waals surface area (Å²) in [6.07, 6.45) is 0. The molecule has 0 radical (unpaired) electrons. The molecule has 0 amide bonds. The average molecular weight is 228 g/mol. The van der Waals surface area contributed by atoms with Gasteiger partial charge in [-0.25, -0.2) is 0 Å². The largest absolute Gasteiger partial charge is 0.329 e. The zero-order valence-corrected chi connectivity index (χ0v) is 9.93. The second-order valence-electron chi connectivity index (χ2n) is 3.83. The van der Waals surface area contributed by atoms with Gasteiger partial charge >= 0.3 is 0 Å². The molecule has 0 aliphatic carbocycles. The van der Waals surface area contributed by atoms with Crippen molar-refractivity contribution in [1.82, 2.24) is 4.90 Å². The molecule has 2 N–H and O–H groups in total. The molecule has 1 aromatic rings. The Morgan fingerprint density at radius 2 is 1.82 bits per heavy atom. The molecule has 0 aliphatic heterocycles. The van der Waals surface area contributed by atoms with Crippen LogP contribution in [0.1, 0.15) is 17.2 Å². The summed E-state index contributed by atoms with van der Waals surface area (Å²) in [6, 6.07) is 12.0. The summed E-state index contributed by atoms with van der Waals surface area (Å²) >= 11 is 0. The van der Waals surface area contributed by atoms with Crippen LogP contribution in [0.25, 0.3) is 0 Å². The molecule has 0 heterocycles. The Morgan fingerprint density at radius 1 is 1.24 bits per heavy atom. The van der Waals surface area contributed by atoms with E-state index in [4.69, 9.17) is 16.3 Å². The molecule has 0 aliphatic rings. The first kappa shape index (κ1) is 13.2. The molecule has 0 saturated carbocycles. The maximum atomic E-state index is 8.78. The van der Waals surface area contributed by atoms with Gasteiger partial charge in [0.15, 0.2) is 0 Å². The maximum Gasteiger partial charge on any atom is 0.0879 e. The highest BCUT2D eigenvalue weighted by atomic mass is 15.2. The van der Waals surface area contributed by atoms with Crippen LogP contribution in [0.5, 0.6) is 0 Å². The maximum absolute atomic E-state index is 8.78. The highest BCUT2D eigenvalue weighted by Gasteiger charge is 2.19. The normalized spacial score (nSPS) is 11.8. The van der Waals surface area contributed by atoms with Crippen molar-refractivity contribution in [3.05, 3.63) is 35.4 Å². The van der Waals surface area contributed by atoms with E-state index in [1.54, 1.807) is 4.90 Å².